The van der Waals surface area contributed by atoms with Gasteiger partial charge in [-0.2, -0.15) is 0 Å². The van der Waals surface area contributed by atoms with Gasteiger partial charge >= 0.3 is 0 Å². The Hall–Kier alpha value is -1.67. The average Bonchev–Trinajstić information content (AvgIpc) is 2.75. The number of hydrogen-bond donors (Lipinski definition) is 1. The zero-order valence-electron chi connectivity index (χ0n) is 18.4. The molecule has 0 amide bonds. The fourth-order valence-electron chi connectivity index (χ4n) is 4.67. The molecule has 30 heavy (non-hydrogen) atoms. The Morgan fingerprint density at radius 1 is 1.07 bits per heavy atom. The van der Waals surface area contributed by atoms with Crippen molar-refractivity contribution >= 4 is 12.7 Å². The lowest BCUT2D eigenvalue weighted by atomic mass is 9.75. The van der Waals surface area contributed by atoms with E-state index in [4.69, 9.17) is 4.52 Å². The molecule has 0 heterocycles. The molecule has 1 aliphatic carbocycles. The number of hydrogen-bond acceptors (Lipinski definition) is 3. The van der Waals surface area contributed by atoms with Crippen LogP contribution < -0.4 is 5.30 Å². The zero-order valence-corrected chi connectivity index (χ0v) is 19.2. The molecule has 2 unspecified atom stereocenters. The van der Waals surface area contributed by atoms with Crippen molar-refractivity contribution in [2.45, 2.75) is 57.9 Å². The van der Waals surface area contributed by atoms with Gasteiger partial charge in [-0.15, -0.1) is 6.58 Å². The third-order valence-electron chi connectivity index (χ3n) is 6.48. The monoisotopic (exact) mass is 426 g/mol. The van der Waals surface area contributed by atoms with Gasteiger partial charge in [-0.1, -0.05) is 81.8 Å². The summed E-state index contributed by atoms with van der Waals surface area (Å²) in [5, 5.41) is 12.1. The van der Waals surface area contributed by atoms with E-state index in [1.165, 1.54) is 6.42 Å². The first-order chi connectivity index (χ1) is 14.4. The number of aliphatic hydroxyl groups excluding tert-OH is 1. The molecule has 3 rings (SSSR count). The van der Waals surface area contributed by atoms with Gasteiger partial charge in [0.25, 0.3) is 7.37 Å². The summed E-state index contributed by atoms with van der Waals surface area (Å²) >= 11 is 0. The van der Waals surface area contributed by atoms with E-state index in [0.29, 0.717) is 23.1 Å². The number of aliphatic hydroxyl groups is 1. The first-order valence-electron chi connectivity index (χ1n) is 11.1. The number of rotatable bonds is 8. The van der Waals surface area contributed by atoms with Crippen LogP contribution in [0, 0.1) is 17.8 Å². The van der Waals surface area contributed by atoms with Gasteiger partial charge in [0.15, 0.2) is 0 Å². The molecule has 1 saturated carbocycles. The molecule has 0 spiro atoms. The van der Waals surface area contributed by atoms with Crippen LogP contribution in [0.25, 0.3) is 0 Å². The first kappa shape index (κ1) is 23.0. The van der Waals surface area contributed by atoms with E-state index in [1.54, 1.807) is 6.08 Å². The fraction of sp³-hybridized carbons (Fsp3) is 0.462. The largest absolute Gasteiger partial charge is 0.382 e. The Morgan fingerprint density at radius 2 is 1.67 bits per heavy atom. The van der Waals surface area contributed by atoms with E-state index in [2.05, 4.69) is 27.4 Å². The molecule has 4 heteroatoms. The molecule has 1 aliphatic rings. The summed E-state index contributed by atoms with van der Waals surface area (Å²) < 4.78 is 21.0. The van der Waals surface area contributed by atoms with Crippen molar-refractivity contribution in [3.63, 3.8) is 0 Å². The van der Waals surface area contributed by atoms with E-state index in [1.807, 2.05) is 60.7 Å². The Labute approximate surface area is 181 Å². The average molecular weight is 427 g/mol. The molecule has 2 aromatic rings. The molecule has 0 bridgehead atoms. The molecule has 0 aliphatic heterocycles. The molecule has 1 fully saturated rings. The van der Waals surface area contributed by atoms with Crippen LogP contribution in [-0.4, -0.2) is 17.1 Å². The first-order valence-corrected chi connectivity index (χ1v) is 12.8. The minimum atomic E-state index is -3.59. The quantitative estimate of drug-likeness (QED) is 0.395. The van der Waals surface area contributed by atoms with Crippen LogP contribution in [0.4, 0.5) is 0 Å². The Kier molecular flexibility index (Phi) is 7.74. The van der Waals surface area contributed by atoms with Crippen LogP contribution in [0.3, 0.4) is 0 Å². The van der Waals surface area contributed by atoms with Crippen molar-refractivity contribution < 1.29 is 14.2 Å². The van der Waals surface area contributed by atoms with E-state index >= 15 is 0 Å². The SMILES string of the molecule is C=CC(c1ccccc1)C(O)[P@@](=O)(O[C@@H]1C[C@H](C)CC[C@H]1C(C)C)c1ccccc1. The predicted molar refractivity (Wildman–Crippen MR) is 125 cm³/mol. The molecule has 1 N–H and O–H groups in total. The molecule has 162 valence electrons. The fourth-order valence-corrected chi connectivity index (χ4v) is 7.17. The van der Waals surface area contributed by atoms with Crippen LogP contribution in [0.2, 0.25) is 0 Å². The third kappa shape index (κ3) is 4.97. The van der Waals surface area contributed by atoms with E-state index in [9.17, 15) is 9.67 Å². The van der Waals surface area contributed by atoms with Gasteiger partial charge in [-0.3, -0.25) is 4.57 Å². The van der Waals surface area contributed by atoms with Crippen LogP contribution in [0.1, 0.15) is 51.5 Å². The summed E-state index contributed by atoms with van der Waals surface area (Å²) in [5.41, 5.74) is 0.886. The molecule has 0 saturated heterocycles. The lowest BCUT2D eigenvalue weighted by Gasteiger charge is -2.40. The molecular weight excluding hydrogens is 391 g/mol. The van der Waals surface area contributed by atoms with E-state index in [-0.39, 0.29) is 6.10 Å². The minimum Gasteiger partial charge on any atom is -0.382 e. The second-order valence-corrected chi connectivity index (χ2v) is 11.4. The van der Waals surface area contributed by atoms with Crippen molar-refractivity contribution in [1.82, 2.24) is 0 Å². The van der Waals surface area contributed by atoms with Gasteiger partial charge in [0.1, 0.15) is 5.85 Å². The van der Waals surface area contributed by atoms with Crippen LogP contribution >= 0.6 is 7.37 Å². The molecule has 0 aromatic heterocycles. The number of benzene rings is 2. The maximum Gasteiger partial charge on any atom is 0.260 e. The molecule has 6 atom stereocenters. The molecular formula is C26H35O3P. The smallest absolute Gasteiger partial charge is 0.260 e. The third-order valence-corrected chi connectivity index (χ3v) is 9.10. The zero-order chi connectivity index (χ0) is 21.7. The van der Waals surface area contributed by atoms with Crippen molar-refractivity contribution in [2.24, 2.45) is 17.8 Å². The lowest BCUT2D eigenvalue weighted by Crippen LogP contribution is -2.36. The maximum atomic E-state index is 14.5. The van der Waals surface area contributed by atoms with Crippen molar-refractivity contribution in [1.29, 1.82) is 0 Å². The summed E-state index contributed by atoms with van der Waals surface area (Å²) in [6, 6.07) is 18.9. The second kappa shape index (κ2) is 10.1. The minimum absolute atomic E-state index is 0.129. The van der Waals surface area contributed by atoms with Gasteiger partial charge in [-0.25, -0.2) is 0 Å². The summed E-state index contributed by atoms with van der Waals surface area (Å²) in [5.74, 6) is -0.367. The summed E-state index contributed by atoms with van der Waals surface area (Å²) in [7, 11) is -3.59. The highest BCUT2D eigenvalue weighted by atomic mass is 31.2. The Bertz CT molecular complexity index is 849. The lowest BCUT2D eigenvalue weighted by molar-refractivity contribution is 0.0420. The van der Waals surface area contributed by atoms with Crippen molar-refractivity contribution in [3.05, 3.63) is 78.9 Å². The second-order valence-electron chi connectivity index (χ2n) is 8.99. The normalized spacial score (nSPS) is 26.0. The van der Waals surface area contributed by atoms with Gasteiger partial charge in [0, 0.05) is 11.2 Å². The summed E-state index contributed by atoms with van der Waals surface area (Å²) in [6.45, 7) is 10.6. The van der Waals surface area contributed by atoms with Crippen LogP contribution in [0.5, 0.6) is 0 Å². The van der Waals surface area contributed by atoms with E-state index < -0.39 is 19.1 Å². The highest BCUT2D eigenvalue weighted by Crippen LogP contribution is 2.57. The molecule has 2 aromatic carbocycles. The van der Waals surface area contributed by atoms with Gasteiger partial charge in [0.2, 0.25) is 0 Å². The Balaban J connectivity index is 2.01. The van der Waals surface area contributed by atoms with Gasteiger partial charge < -0.3 is 9.63 Å². The molecule has 3 nitrogen and oxygen atoms in total. The topological polar surface area (TPSA) is 46.5 Å². The highest BCUT2D eigenvalue weighted by Gasteiger charge is 2.44. The van der Waals surface area contributed by atoms with E-state index in [0.717, 1.165) is 18.4 Å². The van der Waals surface area contributed by atoms with Gasteiger partial charge in [0.05, 0.1) is 6.10 Å². The van der Waals surface area contributed by atoms with Crippen LogP contribution in [-0.2, 0) is 9.09 Å². The standard InChI is InChI=1S/C26H35O3P/c1-5-23(21-12-8-6-9-13-21)26(27)30(28,22-14-10-7-11-15-22)29-25-18-20(4)16-17-24(25)19(2)3/h5-15,19-20,23-27H,1,16-18H2,2-4H3/t20-,23?,24+,25-,26?,30+/m1/s1. The predicted octanol–water partition coefficient (Wildman–Crippen LogP) is 6.36. The maximum absolute atomic E-state index is 14.5. The Morgan fingerprint density at radius 3 is 2.23 bits per heavy atom. The summed E-state index contributed by atoms with van der Waals surface area (Å²) in [4.78, 5) is 0. The van der Waals surface area contributed by atoms with Crippen molar-refractivity contribution in [2.75, 3.05) is 0 Å². The highest BCUT2D eigenvalue weighted by molar-refractivity contribution is 7.67. The van der Waals surface area contributed by atoms with Crippen LogP contribution in [0.15, 0.2) is 73.3 Å². The van der Waals surface area contributed by atoms with Gasteiger partial charge in [-0.05, 0) is 48.3 Å². The van der Waals surface area contributed by atoms with Crippen molar-refractivity contribution in [3.8, 4) is 0 Å². The molecule has 0 radical (unpaired) electrons. The summed E-state index contributed by atoms with van der Waals surface area (Å²) in [6.07, 6.45) is 4.66.